The number of amides is 6. The number of hydrogen-bond acceptors (Lipinski definition) is 8. The van der Waals surface area contributed by atoms with E-state index in [4.69, 9.17) is 9.47 Å². The minimum absolute atomic E-state index is 0.148. The van der Waals surface area contributed by atoms with Crippen molar-refractivity contribution in [1.82, 2.24) is 20.4 Å². The number of rotatable bonds is 17. The van der Waals surface area contributed by atoms with Gasteiger partial charge in [-0.1, -0.05) is 41.5 Å². The summed E-state index contributed by atoms with van der Waals surface area (Å²) in [6, 6.07) is 0. The topological polar surface area (TPSA) is 151 Å². The SMILES string of the molecule is CC(C)(C)C1CC(=O)N(CCCC(=O)NCCOCCOCCNC(=O)CCCN2C(=O)CC(C(C)(C)C)C2=O)C1=O. The van der Waals surface area contributed by atoms with E-state index in [-0.39, 0.29) is 96.9 Å². The molecule has 0 spiro atoms. The van der Waals surface area contributed by atoms with Gasteiger partial charge in [0.2, 0.25) is 35.4 Å². The Morgan fingerprint density at radius 2 is 1.02 bits per heavy atom. The van der Waals surface area contributed by atoms with Crippen molar-refractivity contribution in [3.8, 4) is 0 Å². The van der Waals surface area contributed by atoms with Crippen LogP contribution in [0.4, 0.5) is 0 Å². The summed E-state index contributed by atoms with van der Waals surface area (Å²) >= 11 is 0. The number of carbonyl (C=O) groups excluding carboxylic acids is 6. The van der Waals surface area contributed by atoms with Crippen molar-refractivity contribution in [3.05, 3.63) is 0 Å². The van der Waals surface area contributed by atoms with E-state index in [1.54, 1.807) is 0 Å². The molecule has 2 aliphatic heterocycles. The fourth-order valence-electron chi connectivity index (χ4n) is 5.01. The highest BCUT2D eigenvalue weighted by Gasteiger charge is 2.45. The number of nitrogens with zero attached hydrogens (tertiary/aromatic N) is 2. The van der Waals surface area contributed by atoms with Crippen LogP contribution in [0.2, 0.25) is 0 Å². The van der Waals surface area contributed by atoms with Gasteiger partial charge in [0.15, 0.2) is 0 Å². The predicted molar refractivity (Wildman–Crippen MR) is 155 cm³/mol. The summed E-state index contributed by atoms with van der Waals surface area (Å²) in [5.74, 6) is -1.57. The van der Waals surface area contributed by atoms with Crippen LogP contribution in [-0.4, -0.2) is 97.8 Å². The van der Waals surface area contributed by atoms with Crippen molar-refractivity contribution in [2.75, 3.05) is 52.6 Å². The monoisotopic (exact) mass is 594 g/mol. The lowest BCUT2D eigenvalue weighted by atomic mass is 9.80. The molecule has 238 valence electrons. The van der Waals surface area contributed by atoms with Gasteiger partial charge in [-0.3, -0.25) is 38.6 Å². The second kappa shape index (κ2) is 16.1. The zero-order valence-corrected chi connectivity index (χ0v) is 26.2. The molecule has 2 unspecified atom stereocenters. The first kappa shape index (κ1) is 35.3. The number of imide groups is 2. The molecule has 42 heavy (non-hydrogen) atoms. The zero-order valence-electron chi connectivity index (χ0n) is 26.2. The van der Waals surface area contributed by atoms with Crippen LogP contribution in [-0.2, 0) is 38.2 Å². The van der Waals surface area contributed by atoms with Crippen LogP contribution in [0.1, 0.15) is 80.1 Å². The molecule has 12 heteroatoms. The molecule has 0 bridgehead atoms. The largest absolute Gasteiger partial charge is 0.377 e. The summed E-state index contributed by atoms with van der Waals surface area (Å²) in [6.07, 6.45) is 1.74. The number of likely N-dealkylation sites (tertiary alicyclic amines) is 2. The molecule has 2 fully saturated rings. The Morgan fingerprint density at radius 3 is 1.33 bits per heavy atom. The summed E-state index contributed by atoms with van der Waals surface area (Å²) in [6.45, 7) is 14.2. The standard InChI is InChI=1S/C30H50N4O8/c1-29(2,3)21-19-25(37)33(27(21)39)13-7-9-23(35)31-11-15-41-17-18-42-16-12-32-24(36)10-8-14-34-26(38)20-22(28(34)40)30(4,5)6/h21-22H,7-20H2,1-6H3,(H,31,35)(H,32,36). The van der Waals surface area contributed by atoms with E-state index in [0.717, 1.165) is 0 Å². The smallest absolute Gasteiger partial charge is 0.233 e. The third-order valence-corrected chi connectivity index (χ3v) is 7.66. The third-order valence-electron chi connectivity index (χ3n) is 7.66. The van der Waals surface area contributed by atoms with Crippen molar-refractivity contribution >= 4 is 35.4 Å². The molecule has 2 N–H and O–H groups in total. The molecule has 0 aromatic carbocycles. The number of carbonyl (C=O) groups is 6. The lowest BCUT2D eigenvalue weighted by Crippen LogP contribution is -2.35. The average molecular weight is 595 g/mol. The Morgan fingerprint density at radius 1 is 0.667 bits per heavy atom. The van der Waals surface area contributed by atoms with Crippen LogP contribution >= 0.6 is 0 Å². The number of ether oxygens (including phenoxy) is 2. The highest BCUT2D eigenvalue weighted by molar-refractivity contribution is 6.04. The van der Waals surface area contributed by atoms with Gasteiger partial charge in [-0.2, -0.15) is 0 Å². The Balaban J connectivity index is 1.42. The first-order valence-electron chi connectivity index (χ1n) is 15.0. The number of hydrogen-bond donors (Lipinski definition) is 2. The van der Waals surface area contributed by atoms with Crippen LogP contribution < -0.4 is 10.6 Å². The first-order chi connectivity index (χ1) is 19.6. The van der Waals surface area contributed by atoms with Gasteiger partial charge in [0.05, 0.1) is 38.3 Å². The maximum Gasteiger partial charge on any atom is 0.233 e. The maximum absolute atomic E-state index is 12.5. The van der Waals surface area contributed by atoms with Crippen molar-refractivity contribution in [2.45, 2.75) is 80.1 Å². The molecule has 0 aromatic rings. The van der Waals surface area contributed by atoms with Gasteiger partial charge in [-0.05, 0) is 23.7 Å². The van der Waals surface area contributed by atoms with Gasteiger partial charge in [0, 0.05) is 51.9 Å². The van der Waals surface area contributed by atoms with Crippen LogP contribution in [0, 0.1) is 22.7 Å². The Bertz CT molecular complexity index is 907. The molecular formula is C30H50N4O8. The minimum atomic E-state index is -0.307. The summed E-state index contributed by atoms with van der Waals surface area (Å²) in [4.78, 5) is 75.9. The minimum Gasteiger partial charge on any atom is -0.377 e. The van der Waals surface area contributed by atoms with Crippen LogP contribution in [0.3, 0.4) is 0 Å². The van der Waals surface area contributed by atoms with E-state index in [9.17, 15) is 28.8 Å². The fraction of sp³-hybridized carbons (Fsp3) is 0.800. The summed E-state index contributed by atoms with van der Waals surface area (Å²) in [5, 5.41) is 5.51. The molecule has 12 nitrogen and oxygen atoms in total. The number of nitrogens with one attached hydrogen (secondary N) is 2. The Kier molecular flexibility index (Phi) is 13.6. The third kappa shape index (κ3) is 11.1. The van der Waals surface area contributed by atoms with Gasteiger partial charge in [0.1, 0.15) is 0 Å². The molecule has 2 saturated heterocycles. The fourth-order valence-corrected chi connectivity index (χ4v) is 5.01. The second-order valence-corrected chi connectivity index (χ2v) is 13.1. The normalized spacial score (nSPS) is 19.7. The highest BCUT2D eigenvalue weighted by atomic mass is 16.5. The van der Waals surface area contributed by atoms with Crippen molar-refractivity contribution in [1.29, 1.82) is 0 Å². The predicted octanol–water partition coefficient (Wildman–Crippen LogP) is 1.65. The zero-order chi connectivity index (χ0) is 31.5. The summed E-state index contributed by atoms with van der Waals surface area (Å²) < 4.78 is 10.9. The Hall–Kier alpha value is -2.86. The molecule has 0 radical (unpaired) electrons. The molecule has 2 aliphatic rings. The lowest BCUT2D eigenvalue weighted by Gasteiger charge is -2.24. The lowest BCUT2D eigenvalue weighted by molar-refractivity contribution is -0.142. The quantitative estimate of drug-likeness (QED) is 0.191. The average Bonchev–Trinajstić information content (AvgIpc) is 3.35. The molecule has 2 rings (SSSR count). The van der Waals surface area contributed by atoms with E-state index in [1.165, 1.54) is 9.80 Å². The highest BCUT2D eigenvalue weighted by Crippen LogP contribution is 2.36. The second-order valence-electron chi connectivity index (χ2n) is 13.1. The van der Waals surface area contributed by atoms with Crippen molar-refractivity contribution in [2.24, 2.45) is 22.7 Å². The molecule has 6 amide bonds. The van der Waals surface area contributed by atoms with E-state index in [1.807, 2.05) is 41.5 Å². The summed E-state index contributed by atoms with van der Waals surface area (Å²) in [7, 11) is 0. The molecule has 2 atom stereocenters. The molecule has 0 aromatic heterocycles. The molecular weight excluding hydrogens is 544 g/mol. The van der Waals surface area contributed by atoms with Crippen LogP contribution in [0.25, 0.3) is 0 Å². The van der Waals surface area contributed by atoms with Crippen molar-refractivity contribution in [3.63, 3.8) is 0 Å². The maximum atomic E-state index is 12.5. The molecule has 0 saturated carbocycles. The van der Waals surface area contributed by atoms with Gasteiger partial charge in [0.25, 0.3) is 0 Å². The van der Waals surface area contributed by atoms with Gasteiger partial charge in [-0.15, -0.1) is 0 Å². The first-order valence-corrected chi connectivity index (χ1v) is 15.0. The van der Waals surface area contributed by atoms with Crippen molar-refractivity contribution < 1.29 is 38.2 Å². The van der Waals surface area contributed by atoms with E-state index in [2.05, 4.69) is 10.6 Å². The van der Waals surface area contributed by atoms with Gasteiger partial charge >= 0.3 is 0 Å². The van der Waals surface area contributed by atoms with Crippen LogP contribution in [0.15, 0.2) is 0 Å². The summed E-state index contributed by atoms with van der Waals surface area (Å²) in [5.41, 5.74) is -0.531. The molecule has 2 heterocycles. The Labute approximate surface area is 249 Å². The van der Waals surface area contributed by atoms with E-state index in [0.29, 0.717) is 52.4 Å². The van der Waals surface area contributed by atoms with Crippen LogP contribution in [0.5, 0.6) is 0 Å². The molecule has 0 aliphatic carbocycles. The van der Waals surface area contributed by atoms with E-state index < -0.39 is 0 Å². The van der Waals surface area contributed by atoms with Gasteiger partial charge < -0.3 is 20.1 Å². The van der Waals surface area contributed by atoms with Gasteiger partial charge in [-0.25, -0.2) is 0 Å². The van der Waals surface area contributed by atoms with E-state index >= 15 is 0 Å².